The number of amides is 1. The molecule has 23 heavy (non-hydrogen) atoms. The van der Waals surface area contributed by atoms with E-state index in [4.69, 9.17) is 0 Å². The molecule has 3 rings (SSSR count). The number of aromatic nitrogens is 3. The first-order valence-electron chi connectivity index (χ1n) is 7.77. The Labute approximate surface area is 135 Å². The van der Waals surface area contributed by atoms with E-state index in [0.29, 0.717) is 5.56 Å². The van der Waals surface area contributed by atoms with Crippen LogP contribution in [0.15, 0.2) is 61.1 Å². The highest BCUT2D eigenvalue weighted by molar-refractivity contribution is 6.03. The Morgan fingerprint density at radius 3 is 2.52 bits per heavy atom. The fraction of sp³-hybridized carbons (Fsp3) is 0.222. The number of carbonyl (C=O) groups is 1. The van der Waals surface area contributed by atoms with Crippen LogP contribution in [-0.4, -0.2) is 20.3 Å². The number of benzene rings is 1. The lowest BCUT2D eigenvalue weighted by Crippen LogP contribution is -2.17. The van der Waals surface area contributed by atoms with Crippen LogP contribution >= 0.6 is 0 Å². The molecule has 1 atom stereocenters. The predicted molar refractivity (Wildman–Crippen MR) is 91.0 cm³/mol. The highest BCUT2D eigenvalue weighted by atomic mass is 16.1. The Morgan fingerprint density at radius 1 is 1.17 bits per heavy atom. The second-order valence-electron chi connectivity index (χ2n) is 5.51. The molecule has 1 N–H and O–H groups in total. The van der Waals surface area contributed by atoms with Crippen molar-refractivity contribution in [2.45, 2.75) is 26.3 Å². The molecule has 1 amide bonds. The van der Waals surface area contributed by atoms with Crippen LogP contribution in [0.5, 0.6) is 0 Å². The van der Waals surface area contributed by atoms with Crippen LogP contribution in [-0.2, 0) is 0 Å². The lowest BCUT2D eigenvalue weighted by atomic mass is 10.2. The smallest absolute Gasteiger partial charge is 0.256 e. The minimum absolute atomic E-state index is 0.130. The van der Waals surface area contributed by atoms with Crippen LogP contribution in [0.25, 0.3) is 5.69 Å². The van der Waals surface area contributed by atoms with Crippen LogP contribution in [0.4, 0.5) is 5.82 Å². The van der Waals surface area contributed by atoms with Crippen molar-refractivity contribution in [3.63, 3.8) is 0 Å². The zero-order valence-corrected chi connectivity index (χ0v) is 13.3. The molecule has 1 unspecified atom stereocenters. The minimum atomic E-state index is -0.130. The van der Waals surface area contributed by atoms with Gasteiger partial charge in [0.05, 0.1) is 12.2 Å². The average Bonchev–Trinajstić information content (AvgIpc) is 3.26. The topological polar surface area (TPSA) is 51.9 Å². The van der Waals surface area contributed by atoms with Gasteiger partial charge in [0, 0.05) is 29.7 Å². The SMILES string of the molecule is CCC(C)n1nccc1NC(=O)c1ccc(-n2cccc2)cc1. The molecule has 0 saturated heterocycles. The zero-order chi connectivity index (χ0) is 16.2. The Kier molecular flexibility index (Phi) is 4.28. The summed E-state index contributed by atoms with van der Waals surface area (Å²) in [4.78, 5) is 12.4. The van der Waals surface area contributed by atoms with Gasteiger partial charge >= 0.3 is 0 Å². The van der Waals surface area contributed by atoms with Gasteiger partial charge in [0.2, 0.25) is 0 Å². The van der Waals surface area contributed by atoms with Crippen molar-refractivity contribution < 1.29 is 4.79 Å². The quantitative estimate of drug-likeness (QED) is 0.777. The summed E-state index contributed by atoms with van der Waals surface area (Å²) in [5.74, 6) is 0.591. The number of carbonyl (C=O) groups excluding carboxylic acids is 1. The average molecular weight is 308 g/mol. The monoisotopic (exact) mass is 308 g/mol. The molecule has 1 aromatic carbocycles. The van der Waals surface area contributed by atoms with Gasteiger partial charge in [0.1, 0.15) is 5.82 Å². The second-order valence-corrected chi connectivity index (χ2v) is 5.51. The number of nitrogens with one attached hydrogen (secondary N) is 1. The second kappa shape index (κ2) is 6.52. The van der Waals surface area contributed by atoms with E-state index >= 15 is 0 Å². The maximum absolute atomic E-state index is 12.4. The van der Waals surface area contributed by atoms with E-state index < -0.39 is 0 Å². The number of hydrogen-bond donors (Lipinski definition) is 1. The molecule has 0 aliphatic rings. The van der Waals surface area contributed by atoms with Gasteiger partial charge in [-0.1, -0.05) is 6.92 Å². The van der Waals surface area contributed by atoms with Crippen molar-refractivity contribution in [1.82, 2.24) is 14.3 Å². The summed E-state index contributed by atoms with van der Waals surface area (Å²) in [5.41, 5.74) is 1.65. The normalized spacial score (nSPS) is 12.1. The van der Waals surface area contributed by atoms with Gasteiger partial charge < -0.3 is 9.88 Å². The van der Waals surface area contributed by atoms with Crippen LogP contribution in [0.1, 0.15) is 36.7 Å². The van der Waals surface area contributed by atoms with Crippen LogP contribution in [0, 0.1) is 0 Å². The van der Waals surface area contributed by atoms with Crippen molar-refractivity contribution in [2.75, 3.05) is 5.32 Å². The summed E-state index contributed by atoms with van der Waals surface area (Å²) >= 11 is 0. The number of anilines is 1. The summed E-state index contributed by atoms with van der Waals surface area (Å²) in [5, 5.41) is 7.21. The zero-order valence-electron chi connectivity index (χ0n) is 13.3. The maximum atomic E-state index is 12.4. The molecule has 3 aromatic rings. The Balaban J connectivity index is 1.75. The van der Waals surface area contributed by atoms with Crippen LogP contribution in [0.2, 0.25) is 0 Å². The Hall–Kier alpha value is -2.82. The third kappa shape index (κ3) is 3.18. The van der Waals surface area contributed by atoms with E-state index in [0.717, 1.165) is 17.9 Å². The predicted octanol–water partition coefficient (Wildman–Crippen LogP) is 3.90. The van der Waals surface area contributed by atoms with Crippen LogP contribution < -0.4 is 5.32 Å². The molecular formula is C18H20N4O. The Morgan fingerprint density at radius 2 is 1.87 bits per heavy atom. The molecule has 0 aliphatic heterocycles. The number of nitrogens with zero attached hydrogens (tertiary/aromatic N) is 3. The molecule has 0 fully saturated rings. The Bertz CT molecular complexity index is 772. The van der Waals surface area contributed by atoms with Gasteiger partial charge in [-0.05, 0) is 49.7 Å². The van der Waals surface area contributed by atoms with Gasteiger partial charge in [0.25, 0.3) is 5.91 Å². The molecule has 0 bridgehead atoms. The van der Waals surface area contributed by atoms with Gasteiger partial charge in [-0.15, -0.1) is 0 Å². The standard InChI is InChI=1S/C18H20N4O/c1-3-14(2)22-17(10-11-19-22)20-18(23)15-6-8-16(9-7-15)21-12-4-5-13-21/h4-14H,3H2,1-2H3,(H,20,23). The minimum Gasteiger partial charge on any atom is -0.324 e. The van der Waals surface area contributed by atoms with Gasteiger partial charge in [-0.3, -0.25) is 4.79 Å². The number of hydrogen-bond acceptors (Lipinski definition) is 2. The van der Waals surface area contributed by atoms with Crippen molar-refractivity contribution in [2.24, 2.45) is 0 Å². The molecule has 0 spiro atoms. The van der Waals surface area contributed by atoms with Crippen molar-refractivity contribution in [3.05, 3.63) is 66.6 Å². The molecule has 2 heterocycles. The molecule has 5 heteroatoms. The van der Waals surface area contributed by atoms with Crippen molar-refractivity contribution in [3.8, 4) is 5.69 Å². The maximum Gasteiger partial charge on any atom is 0.256 e. The fourth-order valence-electron chi connectivity index (χ4n) is 2.42. The summed E-state index contributed by atoms with van der Waals surface area (Å²) in [6, 6.07) is 13.5. The largest absolute Gasteiger partial charge is 0.324 e. The van der Waals surface area contributed by atoms with Gasteiger partial charge in [-0.2, -0.15) is 5.10 Å². The lowest BCUT2D eigenvalue weighted by Gasteiger charge is -2.14. The first-order chi connectivity index (χ1) is 11.2. The van der Waals surface area contributed by atoms with Gasteiger partial charge in [-0.25, -0.2) is 4.68 Å². The molecule has 118 valence electrons. The van der Waals surface area contributed by atoms with E-state index in [1.54, 1.807) is 6.20 Å². The summed E-state index contributed by atoms with van der Waals surface area (Å²) in [6.45, 7) is 4.17. The molecular weight excluding hydrogens is 288 g/mol. The summed E-state index contributed by atoms with van der Waals surface area (Å²) in [7, 11) is 0. The van der Waals surface area contributed by atoms with Crippen molar-refractivity contribution in [1.29, 1.82) is 0 Å². The van der Waals surface area contributed by atoms with E-state index in [-0.39, 0.29) is 11.9 Å². The van der Waals surface area contributed by atoms with Gasteiger partial charge in [0.15, 0.2) is 0 Å². The van der Waals surface area contributed by atoms with E-state index in [1.165, 1.54) is 0 Å². The molecule has 0 aliphatic carbocycles. The van der Waals surface area contributed by atoms with E-state index in [2.05, 4.69) is 24.3 Å². The number of rotatable bonds is 5. The van der Waals surface area contributed by atoms with Crippen molar-refractivity contribution >= 4 is 11.7 Å². The molecule has 0 radical (unpaired) electrons. The molecule has 0 saturated carbocycles. The van der Waals surface area contributed by atoms with E-state index in [9.17, 15) is 4.79 Å². The molecule has 5 nitrogen and oxygen atoms in total. The lowest BCUT2D eigenvalue weighted by molar-refractivity contribution is 0.102. The molecule has 2 aromatic heterocycles. The summed E-state index contributed by atoms with van der Waals surface area (Å²) in [6.07, 6.45) is 6.60. The first kappa shape index (κ1) is 15.1. The highest BCUT2D eigenvalue weighted by Crippen LogP contribution is 2.18. The van der Waals surface area contributed by atoms with E-state index in [1.807, 2.05) is 64.1 Å². The van der Waals surface area contributed by atoms with Crippen LogP contribution in [0.3, 0.4) is 0 Å². The highest BCUT2D eigenvalue weighted by Gasteiger charge is 2.12. The first-order valence-corrected chi connectivity index (χ1v) is 7.77. The fourth-order valence-corrected chi connectivity index (χ4v) is 2.42. The third-order valence-electron chi connectivity index (χ3n) is 3.95. The summed E-state index contributed by atoms with van der Waals surface area (Å²) < 4.78 is 3.84. The third-order valence-corrected chi connectivity index (χ3v) is 3.95.